The van der Waals surface area contributed by atoms with Crippen LogP contribution in [0.15, 0.2) is 16.9 Å². The van der Waals surface area contributed by atoms with Crippen LogP contribution in [0.2, 0.25) is 15.1 Å². The Bertz CT molecular complexity index is 954. The van der Waals surface area contributed by atoms with Gasteiger partial charge in [0.1, 0.15) is 16.9 Å². The van der Waals surface area contributed by atoms with Gasteiger partial charge in [-0.1, -0.05) is 48.1 Å². The molecule has 5 nitrogen and oxygen atoms in total. The van der Waals surface area contributed by atoms with Gasteiger partial charge in [0.2, 0.25) is 0 Å². The lowest BCUT2D eigenvalue weighted by atomic mass is 10.1. The molecule has 0 bridgehead atoms. The van der Waals surface area contributed by atoms with Crippen molar-refractivity contribution in [2.45, 2.75) is 33.1 Å². The average Bonchev–Trinajstić information content (AvgIpc) is 2.83. The van der Waals surface area contributed by atoms with E-state index in [4.69, 9.17) is 34.8 Å². The Morgan fingerprint density at radius 1 is 1.21 bits per heavy atom. The average molecular weight is 386 g/mol. The molecule has 126 valence electrons. The number of nitrogens with one attached hydrogen (secondary N) is 1. The molecule has 1 aromatic carbocycles. The summed E-state index contributed by atoms with van der Waals surface area (Å²) in [5, 5.41) is 6.16. The van der Waals surface area contributed by atoms with Crippen LogP contribution in [0.4, 0.5) is 0 Å². The maximum atomic E-state index is 12.4. The van der Waals surface area contributed by atoms with Crippen molar-refractivity contribution in [3.8, 4) is 5.69 Å². The summed E-state index contributed by atoms with van der Waals surface area (Å²) in [5.41, 5.74) is 1.38. The van der Waals surface area contributed by atoms with E-state index < -0.39 is 0 Å². The summed E-state index contributed by atoms with van der Waals surface area (Å²) < 4.78 is 1.53. The van der Waals surface area contributed by atoms with Gasteiger partial charge in [0.05, 0.1) is 15.7 Å². The fourth-order valence-electron chi connectivity index (χ4n) is 2.61. The van der Waals surface area contributed by atoms with E-state index in [0.29, 0.717) is 49.7 Å². The molecule has 0 aliphatic heterocycles. The minimum Gasteiger partial charge on any atom is -0.310 e. The number of nitrogens with zero attached hydrogens (tertiary/aromatic N) is 3. The first-order valence-corrected chi connectivity index (χ1v) is 8.69. The first-order valence-electron chi connectivity index (χ1n) is 7.55. The standard InChI is InChI=1S/C16H15Cl3N4O/c1-3-4-5-12-13-15(20-8(2)21-16(13)24)23(22-12)14-10(18)6-9(17)7-11(14)19/h6-7H,3-5H2,1-2H3,(H,20,21,24). The van der Waals surface area contributed by atoms with Crippen molar-refractivity contribution >= 4 is 45.8 Å². The highest BCUT2D eigenvalue weighted by atomic mass is 35.5. The lowest BCUT2D eigenvalue weighted by molar-refractivity contribution is 0.757. The molecule has 2 heterocycles. The molecular formula is C16H15Cl3N4O. The third-order valence-corrected chi connectivity index (χ3v) is 4.48. The molecule has 0 aliphatic rings. The molecule has 0 aliphatic carbocycles. The fraction of sp³-hybridized carbons (Fsp3) is 0.312. The van der Waals surface area contributed by atoms with Crippen LogP contribution < -0.4 is 5.56 Å². The number of halogens is 3. The summed E-state index contributed by atoms with van der Waals surface area (Å²) in [5.74, 6) is 0.497. The zero-order chi connectivity index (χ0) is 17.4. The second-order valence-corrected chi connectivity index (χ2v) is 6.78. The number of aromatic nitrogens is 4. The predicted molar refractivity (Wildman–Crippen MR) is 97.9 cm³/mol. The van der Waals surface area contributed by atoms with Gasteiger partial charge in [0, 0.05) is 5.02 Å². The zero-order valence-electron chi connectivity index (χ0n) is 13.2. The summed E-state index contributed by atoms with van der Waals surface area (Å²) in [6, 6.07) is 3.17. The third-order valence-electron chi connectivity index (χ3n) is 3.69. The van der Waals surface area contributed by atoms with E-state index in [1.54, 1.807) is 19.1 Å². The molecule has 0 atom stereocenters. The maximum Gasteiger partial charge on any atom is 0.262 e. The molecule has 3 rings (SSSR count). The summed E-state index contributed by atoms with van der Waals surface area (Å²) >= 11 is 18.6. The Morgan fingerprint density at radius 3 is 2.50 bits per heavy atom. The van der Waals surface area contributed by atoms with Crippen molar-refractivity contribution in [1.29, 1.82) is 0 Å². The van der Waals surface area contributed by atoms with Gasteiger partial charge in [0.15, 0.2) is 5.65 Å². The largest absolute Gasteiger partial charge is 0.310 e. The lowest BCUT2D eigenvalue weighted by Crippen LogP contribution is -2.11. The van der Waals surface area contributed by atoms with Gasteiger partial charge in [-0.15, -0.1) is 0 Å². The van der Waals surface area contributed by atoms with Gasteiger partial charge in [-0.25, -0.2) is 9.67 Å². The van der Waals surface area contributed by atoms with Crippen LogP contribution in [-0.4, -0.2) is 19.7 Å². The molecule has 0 spiro atoms. The lowest BCUT2D eigenvalue weighted by Gasteiger charge is -2.08. The number of hydrogen-bond donors (Lipinski definition) is 1. The van der Waals surface area contributed by atoms with Crippen LogP contribution in [-0.2, 0) is 6.42 Å². The van der Waals surface area contributed by atoms with Gasteiger partial charge in [-0.05, 0) is 31.9 Å². The molecule has 0 saturated carbocycles. The normalized spacial score (nSPS) is 11.4. The third kappa shape index (κ3) is 3.04. The van der Waals surface area contributed by atoms with Crippen LogP contribution >= 0.6 is 34.8 Å². The number of rotatable bonds is 4. The van der Waals surface area contributed by atoms with E-state index in [0.717, 1.165) is 12.8 Å². The van der Waals surface area contributed by atoms with E-state index in [2.05, 4.69) is 22.0 Å². The van der Waals surface area contributed by atoms with E-state index >= 15 is 0 Å². The molecule has 8 heteroatoms. The number of aryl methyl sites for hydroxylation is 2. The van der Waals surface area contributed by atoms with Crippen molar-refractivity contribution in [2.75, 3.05) is 0 Å². The van der Waals surface area contributed by atoms with Crippen LogP contribution in [0, 0.1) is 6.92 Å². The van der Waals surface area contributed by atoms with E-state index in [1.165, 1.54) is 4.68 Å². The van der Waals surface area contributed by atoms with Crippen molar-refractivity contribution in [3.05, 3.63) is 49.1 Å². The Labute approximate surface area is 153 Å². The molecule has 3 aromatic rings. The molecule has 0 radical (unpaired) electrons. The number of aromatic amines is 1. The second-order valence-electron chi connectivity index (χ2n) is 5.53. The van der Waals surface area contributed by atoms with E-state index in [-0.39, 0.29) is 5.56 Å². The first kappa shape index (κ1) is 17.3. The van der Waals surface area contributed by atoms with Crippen LogP contribution in [0.5, 0.6) is 0 Å². The van der Waals surface area contributed by atoms with Crippen LogP contribution in [0.3, 0.4) is 0 Å². The highest BCUT2D eigenvalue weighted by Gasteiger charge is 2.20. The van der Waals surface area contributed by atoms with Gasteiger partial charge in [0.25, 0.3) is 5.56 Å². The minimum absolute atomic E-state index is 0.212. The molecule has 0 unspecified atom stereocenters. The second kappa shape index (κ2) is 6.75. The Morgan fingerprint density at radius 2 is 1.88 bits per heavy atom. The van der Waals surface area contributed by atoms with Gasteiger partial charge < -0.3 is 4.98 Å². The highest BCUT2D eigenvalue weighted by Crippen LogP contribution is 2.33. The molecule has 0 fully saturated rings. The molecule has 0 saturated heterocycles. The molecule has 1 N–H and O–H groups in total. The topological polar surface area (TPSA) is 63.6 Å². The quantitative estimate of drug-likeness (QED) is 0.706. The first-order chi connectivity index (χ1) is 11.4. The summed E-state index contributed by atoms with van der Waals surface area (Å²) in [6.45, 7) is 3.80. The van der Waals surface area contributed by atoms with E-state index in [1.807, 2.05) is 0 Å². The highest BCUT2D eigenvalue weighted by molar-refractivity contribution is 6.40. The fourth-order valence-corrected chi connectivity index (χ4v) is 3.59. The smallest absolute Gasteiger partial charge is 0.262 e. The number of unbranched alkanes of at least 4 members (excludes halogenated alkanes) is 1. The van der Waals surface area contributed by atoms with Crippen molar-refractivity contribution in [1.82, 2.24) is 19.7 Å². The van der Waals surface area contributed by atoms with Gasteiger partial charge in [-0.2, -0.15) is 5.10 Å². The number of H-pyrrole nitrogens is 1. The van der Waals surface area contributed by atoms with Crippen molar-refractivity contribution < 1.29 is 0 Å². The predicted octanol–water partition coefficient (Wildman–Crippen LogP) is 4.72. The van der Waals surface area contributed by atoms with Crippen LogP contribution in [0.25, 0.3) is 16.7 Å². The van der Waals surface area contributed by atoms with Crippen LogP contribution in [0.1, 0.15) is 31.3 Å². The van der Waals surface area contributed by atoms with Crippen molar-refractivity contribution in [3.63, 3.8) is 0 Å². The monoisotopic (exact) mass is 384 g/mol. The zero-order valence-corrected chi connectivity index (χ0v) is 15.4. The van der Waals surface area contributed by atoms with Crippen molar-refractivity contribution in [2.24, 2.45) is 0 Å². The maximum absolute atomic E-state index is 12.4. The molecular weight excluding hydrogens is 371 g/mol. The Kier molecular flexibility index (Phi) is 4.85. The number of benzene rings is 1. The minimum atomic E-state index is -0.212. The molecule has 24 heavy (non-hydrogen) atoms. The van der Waals surface area contributed by atoms with Gasteiger partial charge in [-0.3, -0.25) is 4.79 Å². The number of fused-ring (bicyclic) bond motifs is 1. The SMILES string of the molecule is CCCCc1nn(-c2c(Cl)cc(Cl)cc2Cl)c2nc(C)[nH]c(=O)c12. The van der Waals surface area contributed by atoms with E-state index in [9.17, 15) is 4.79 Å². The summed E-state index contributed by atoms with van der Waals surface area (Å²) in [7, 11) is 0. The number of hydrogen-bond acceptors (Lipinski definition) is 3. The Hall–Kier alpha value is -1.56. The Balaban J connectivity index is 2.35. The molecule has 0 amide bonds. The molecule has 2 aromatic heterocycles. The van der Waals surface area contributed by atoms with Gasteiger partial charge >= 0.3 is 0 Å². The summed E-state index contributed by atoms with van der Waals surface area (Å²) in [4.78, 5) is 19.6. The summed E-state index contributed by atoms with van der Waals surface area (Å²) in [6.07, 6.45) is 2.59.